The van der Waals surface area contributed by atoms with E-state index in [2.05, 4.69) is 0 Å². The maximum atomic E-state index is 11.3. The zero-order chi connectivity index (χ0) is 13.7. The standard InChI is InChI=1S/C16H17NO2/c1-13(15-9-5-3-6-10-15)17(19-14(2)18)16-11-7-4-8-12-16/h3-13H,1-2H3. The Morgan fingerprint density at radius 3 is 2.05 bits per heavy atom. The molecule has 2 aromatic carbocycles. The molecule has 0 saturated carbocycles. The van der Waals surface area contributed by atoms with E-state index < -0.39 is 0 Å². The topological polar surface area (TPSA) is 29.5 Å². The number of nitrogens with zero attached hydrogens (tertiary/aromatic N) is 1. The Labute approximate surface area is 113 Å². The fourth-order valence-corrected chi connectivity index (χ4v) is 1.94. The summed E-state index contributed by atoms with van der Waals surface area (Å²) in [6.07, 6.45) is 0. The molecule has 0 amide bonds. The lowest BCUT2D eigenvalue weighted by Gasteiger charge is -2.29. The molecular weight excluding hydrogens is 238 g/mol. The van der Waals surface area contributed by atoms with Gasteiger partial charge in [-0.3, -0.25) is 4.79 Å². The Bertz CT molecular complexity index is 525. The predicted octanol–water partition coefficient (Wildman–Crippen LogP) is 3.73. The van der Waals surface area contributed by atoms with Crippen molar-refractivity contribution in [2.75, 3.05) is 5.06 Å². The van der Waals surface area contributed by atoms with E-state index in [0.29, 0.717) is 0 Å². The van der Waals surface area contributed by atoms with Crippen LogP contribution < -0.4 is 5.06 Å². The van der Waals surface area contributed by atoms with Crippen LogP contribution in [0.15, 0.2) is 60.7 Å². The molecule has 0 heterocycles. The molecule has 0 N–H and O–H groups in total. The second-order valence-corrected chi connectivity index (χ2v) is 4.33. The van der Waals surface area contributed by atoms with Gasteiger partial charge in [-0.15, -0.1) is 0 Å². The third kappa shape index (κ3) is 3.35. The van der Waals surface area contributed by atoms with Crippen molar-refractivity contribution in [2.24, 2.45) is 0 Å². The van der Waals surface area contributed by atoms with Gasteiger partial charge in [-0.1, -0.05) is 48.5 Å². The molecular formula is C16H17NO2. The molecule has 1 unspecified atom stereocenters. The number of carbonyl (C=O) groups excluding carboxylic acids is 1. The first kappa shape index (κ1) is 13.1. The minimum absolute atomic E-state index is 0.0486. The van der Waals surface area contributed by atoms with Crippen LogP contribution in [0.1, 0.15) is 25.5 Å². The average molecular weight is 255 g/mol. The molecule has 98 valence electrons. The van der Waals surface area contributed by atoms with Crippen molar-refractivity contribution in [1.82, 2.24) is 0 Å². The summed E-state index contributed by atoms with van der Waals surface area (Å²) in [5, 5.41) is 1.64. The van der Waals surface area contributed by atoms with Crippen LogP contribution in [0, 0.1) is 0 Å². The highest BCUT2D eigenvalue weighted by Crippen LogP contribution is 2.26. The molecule has 0 aliphatic carbocycles. The molecule has 2 rings (SSSR count). The summed E-state index contributed by atoms with van der Waals surface area (Å²) >= 11 is 0. The van der Waals surface area contributed by atoms with Crippen molar-refractivity contribution in [3.63, 3.8) is 0 Å². The third-order valence-electron chi connectivity index (χ3n) is 2.87. The minimum Gasteiger partial charge on any atom is -0.341 e. The lowest BCUT2D eigenvalue weighted by atomic mass is 10.1. The summed E-state index contributed by atoms with van der Waals surface area (Å²) < 4.78 is 0. The monoisotopic (exact) mass is 255 g/mol. The maximum absolute atomic E-state index is 11.3. The summed E-state index contributed by atoms with van der Waals surface area (Å²) in [4.78, 5) is 16.6. The summed E-state index contributed by atoms with van der Waals surface area (Å²) in [6, 6.07) is 19.5. The number of hydroxylamine groups is 1. The molecule has 0 fully saturated rings. The zero-order valence-electron chi connectivity index (χ0n) is 11.1. The highest BCUT2D eigenvalue weighted by Gasteiger charge is 2.19. The molecule has 0 spiro atoms. The number of benzene rings is 2. The summed E-state index contributed by atoms with van der Waals surface area (Å²) in [6.45, 7) is 3.42. The van der Waals surface area contributed by atoms with Crippen molar-refractivity contribution < 1.29 is 9.63 Å². The number of carbonyl (C=O) groups is 1. The van der Waals surface area contributed by atoms with E-state index in [1.165, 1.54) is 6.92 Å². The Hall–Kier alpha value is -2.29. The number of rotatable bonds is 4. The Morgan fingerprint density at radius 2 is 1.53 bits per heavy atom. The second kappa shape index (κ2) is 6.05. The SMILES string of the molecule is CC(=O)ON(c1ccccc1)C(C)c1ccccc1. The second-order valence-electron chi connectivity index (χ2n) is 4.33. The van der Waals surface area contributed by atoms with Gasteiger partial charge in [0.2, 0.25) is 0 Å². The highest BCUT2D eigenvalue weighted by atomic mass is 16.7. The molecule has 0 aromatic heterocycles. The van der Waals surface area contributed by atoms with E-state index in [0.717, 1.165) is 11.3 Å². The van der Waals surface area contributed by atoms with Gasteiger partial charge in [0.05, 0.1) is 11.7 Å². The van der Waals surface area contributed by atoms with Gasteiger partial charge in [-0.05, 0) is 24.6 Å². The van der Waals surface area contributed by atoms with Gasteiger partial charge in [0.1, 0.15) is 0 Å². The van der Waals surface area contributed by atoms with Crippen LogP contribution in [-0.2, 0) is 9.63 Å². The maximum Gasteiger partial charge on any atom is 0.329 e. The molecule has 2 aromatic rings. The number of hydrogen-bond donors (Lipinski definition) is 0. The van der Waals surface area contributed by atoms with Crippen LogP contribution in [0.2, 0.25) is 0 Å². The van der Waals surface area contributed by atoms with Crippen LogP contribution in [0.3, 0.4) is 0 Å². The molecule has 0 saturated heterocycles. The largest absolute Gasteiger partial charge is 0.341 e. The molecule has 3 heteroatoms. The van der Waals surface area contributed by atoms with Crippen LogP contribution in [0.5, 0.6) is 0 Å². The molecule has 0 radical (unpaired) electrons. The van der Waals surface area contributed by atoms with Gasteiger partial charge in [0.15, 0.2) is 0 Å². The smallest absolute Gasteiger partial charge is 0.329 e. The number of hydrogen-bond acceptors (Lipinski definition) is 3. The fourth-order valence-electron chi connectivity index (χ4n) is 1.94. The van der Waals surface area contributed by atoms with Crippen molar-refractivity contribution in [3.8, 4) is 0 Å². The molecule has 0 bridgehead atoms. The summed E-state index contributed by atoms with van der Waals surface area (Å²) in [7, 11) is 0. The van der Waals surface area contributed by atoms with E-state index >= 15 is 0 Å². The Balaban J connectivity index is 2.30. The Morgan fingerprint density at radius 1 is 1.00 bits per heavy atom. The average Bonchev–Trinajstić information content (AvgIpc) is 2.46. The zero-order valence-corrected chi connectivity index (χ0v) is 11.1. The molecule has 3 nitrogen and oxygen atoms in total. The first-order valence-electron chi connectivity index (χ1n) is 6.26. The van der Waals surface area contributed by atoms with Crippen LogP contribution in [0.25, 0.3) is 0 Å². The Kier molecular flexibility index (Phi) is 4.18. The van der Waals surface area contributed by atoms with Crippen molar-refractivity contribution in [2.45, 2.75) is 19.9 Å². The quantitative estimate of drug-likeness (QED) is 0.779. The molecule has 1 atom stereocenters. The van der Waals surface area contributed by atoms with Gasteiger partial charge in [-0.25, -0.2) is 0 Å². The first-order valence-corrected chi connectivity index (χ1v) is 6.26. The lowest BCUT2D eigenvalue weighted by molar-refractivity contribution is -0.143. The molecule has 19 heavy (non-hydrogen) atoms. The fraction of sp³-hybridized carbons (Fsp3) is 0.188. The van der Waals surface area contributed by atoms with E-state index in [1.54, 1.807) is 5.06 Å². The first-order chi connectivity index (χ1) is 9.18. The van der Waals surface area contributed by atoms with E-state index in [4.69, 9.17) is 4.84 Å². The lowest BCUT2D eigenvalue weighted by Crippen LogP contribution is -2.29. The number of anilines is 1. The summed E-state index contributed by atoms with van der Waals surface area (Å²) in [5.74, 6) is -0.327. The van der Waals surface area contributed by atoms with Crippen molar-refractivity contribution in [1.29, 1.82) is 0 Å². The van der Waals surface area contributed by atoms with E-state index in [1.807, 2.05) is 67.6 Å². The van der Waals surface area contributed by atoms with Crippen LogP contribution >= 0.6 is 0 Å². The van der Waals surface area contributed by atoms with Crippen LogP contribution in [-0.4, -0.2) is 5.97 Å². The van der Waals surface area contributed by atoms with Crippen molar-refractivity contribution >= 4 is 11.7 Å². The van der Waals surface area contributed by atoms with Gasteiger partial charge in [0, 0.05) is 6.92 Å². The summed E-state index contributed by atoms with van der Waals surface area (Å²) in [5.41, 5.74) is 1.95. The van der Waals surface area contributed by atoms with Gasteiger partial charge in [-0.2, -0.15) is 5.06 Å². The van der Waals surface area contributed by atoms with Crippen molar-refractivity contribution in [3.05, 3.63) is 66.2 Å². The third-order valence-corrected chi connectivity index (χ3v) is 2.87. The molecule has 0 aliphatic heterocycles. The number of para-hydroxylation sites is 1. The van der Waals surface area contributed by atoms with E-state index in [-0.39, 0.29) is 12.0 Å². The highest BCUT2D eigenvalue weighted by molar-refractivity contribution is 5.68. The van der Waals surface area contributed by atoms with Gasteiger partial charge in [0.25, 0.3) is 0 Å². The van der Waals surface area contributed by atoms with Crippen LogP contribution in [0.4, 0.5) is 5.69 Å². The predicted molar refractivity (Wildman–Crippen MR) is 75.5 cm³/mol. The normalized spacial score (nSPS) is 11.7. The minimum atomic E-state index is -0.327. The van der Waals surface area contributed by atoms with Gasteiger partial charge >= 0.3 is 5.97 Å². The molecule has 0 aliphatic rings. The van der Waals surface area contributed by atoms with Gasteiger partial charge < -0.3 is 4.84 Å². The van der Waals surface area contributed by atoms with E-state index in [9.17, 15) is 4.79 Å².